The number of carbonyl (C=O) groups is 1. The quantitative estimate of drug-likeness (QED) is 0.267. The van der Waals surface area contributed by atoms with Gasteiger partial charge in [0.05, 0.1) is 15.5 Å². The first-order chi connectivity index (χ1) is 10.6. The van der Waals surface area contributed by atoms with E-state index in [0.717, 1.165) is 6.07 Å². The van der Waals surface area contributed by atoms with E-state index in [2.05, 4.69) is 4.98 Å². The number of hydrogen-bond donors (Lipinski definition) is 0. The van der Waals surface area contributed by atoms with E-state index in [0.29, 0.717) is 10.8 Å². The Balaban J connectivity index is 1.77. The van der Waals surface area contributed by atoms with Crippen molar-refractivity contribution in [2.45, 2.75) is 5.03 Å². The fourth-order valence-electron chi connectivity index (χ4n) is 1.55. The third kappa shape index (κ3) is 4.52. The van der Waals surface area contributed by atoms with Crippen LogP contribution in [0.1, 0.15) is 10.4 Å². The van der Waals surface area contributed by atoms with Gasteiger partial charge in [-0.1, -0.05) is 6.07 Å². The standard InChI is InChI=1S/C14H11FN2O4S/c15-11-3-1-2-10(8-11)14(18)21-6-7-22-13-5-4-12(9-16-13)17(19)20/h1-5,8-9H,6-7H2. The summed E-state index contributed by atoms with van der Waals surface area (Å²) < 4.78 is 18.0. The molecule has 0 spiro atoms. The van der Waals surface area contributed by atoms with Crippen LogP contribution in [0.4, 0.5) is 10.1 Å². The number of carbonyl (C=O) groups excluding carboxylic acids is 1. The zero-order valence-electron chi connectivity index (χ0n) is 11.3. The molecule has 0 fully saturated rings. The summed E-state index contributed by atoms with van der Waals surface area (Å²) in [5.41, 5.74) is 0.0698. The summed E-state index contributed by atoms with van der Waals surface area (Å²) in [7, 11) is 0. The SMILES string of the molecule is O=C(OCCSc1ccc([N+](=O)[O-])cn1)c1cccc(F)c1. The van der Waals surface area contributed by atoms with E-state index < -0.39 is 16.7 Å². The Bertz CT molecular complexity index is 679. The van der Waals surface area contributed by atoms with Crippen molar-refractivity contribution in [3.8, 4) is 0 Å². The highest BCUT2D eigenvalue weighted by atomic mass is 32.2. The molecule has 0 aliphatic heterocycles. The van der Waals surface area contributed by atoms with E-state index in [1.165, 1.54) is 48.3 Å². The molecule has 6 nitrogen and oxygen atoms in total. The van der Waals surface area contributed by atoms with E-state index >= 15 is 0 Å². The second-order valence-electron chi connectivity index (χ2n) is 4.11. The largest absolute Gasteiger partial charge is 0.461 e. The lowest BCUT2D eigenvalue weighted by atomic mass is 10.2. The smallest absolute Gasteiger partial charge is 0.338 e. The van der Waals surface area contributed by atoms with Crippen molar-refractivity contribution in [3.63, 3.8) is 0 Å². The summed E-state index contributed by atoms with van der Waals surface area (Å²) in [5, 5.41) is 11.1. The number of aromatic nitrogens is 1. The molecule has 0 atom stereocenters. The minimum Gasteiger partial charge on any atom is -0.461 e. The average molecular weight is 322 g/mol. The van der Waals surface area contributed by atoms with Crippen LogP contribution in [0.2, 0.25) is 0 Å². The number of halogens is 1. The monoisotopic (exact) mass is 322 g/mol. The number of nitro groups is 1. The predicted molar refractivity (Wildman–Crippen MR) is 78.3 cm³/mol. The van der Waals surface area contributed by atoms with E-state index in [9.17, 15) is 19.3 Å². The highest BCUT2D eigenvalue weighted by Crippen LogP contribution is 2.18. The first kappa shape index (κ1) is 15.9. The molecule has 1 aromatic carbocycles. The fourth-order valence-corrected chi connectivity index (χ4v) is 2.21. The van der Waals surface area contributed by atoms with Crippen LogP contribution in [0.25, 0.3) is 0 Å². The number of ether oxygens (including phenoxy) is 1. The van der Waals surface area contributed by atoms with Crippen molar-refractivity contribution in [2.24, 2.45) is 0 Å². The van der Waals surface area contributed by atoms with Crippen LogP contribution >= 0.6 is 11.8 Å². The normalized spacial score (nSPS) is 10.2. The van der Waals surface area contributed by atoms with Gasteiger partial charge in [-0.25, -0.2) is 14.2 Å². The highest BCUT2D eigenvalue weighted by molar-refractivity contribution is 7.99. The van der Waals surface area contributed by atoms with Crippen molar-refractivity contribution in [3.05, 3.63) is 64.1 Å². The summed E-state index contributed by atoms with van der Waals surface area (Å²) in [4.78, 5) is 25.5. The predicted octanol–water partition coefficient (Wildman–Crippen LogP) is 3.08. The molecule has 0 saturated heterocycles. The Morgan fingerprint density at radius 1 is 1.36 bits per heavy atom. The minimum absolute atomic E-state index is 0.0816. The summed E-state index contributed by atoms with van der Waals surface area (Å²) in [6, 6.07) is 8.13. The Labute approximate surface area is 129 Å². The van der Waals surface area contributed by atoms with Gasteiger partial charge in [-0.05, 0) is 24.3 Å². The van der Waals surface area contributed by atoms with Crippen LogP contribution in [-0.4, -0.2) is 28.2 Å². The second-order valence-corrected chi connectivity index (χ2v) is 5.22. The number of thioether (sulfide) groups is 1. The van der Waals surface area contributed by atoms with Crippen LogP contribution in [-0.2, 0) is 4.74 Å². The second kappa shape index (κ2) is 7.51. The fraction of sp³-hybridized carbons (Fsp3) is 0.143. The molecule has 0 N–H and O–H groups in total. The lowest BCUT2D eigenvalue weighted by Crippen LogP contribution is -2.08. The molecule has 114 valence electrons. The summed E-state index contributed by atoms with van der Waals surface area (Å²) >= 11 is 1.30. The van der Waals surface area contributed by atoms with Crippen molar-refractivity contribution < 1.29 is 18.8 Å². The van der Waals surface area contributed by atoms with Crippen molar-refractivity contribution >= 4 is 23.4 Å². The van der Waals surface area contributed by atoms with Crippen molar-refractivity contribution in [1.82, 2.24) is 4.98 Å². The van der Waals surface area contributed by atoms with Crippen LogP contribution in [0.3, 0.4) is 0 Å². The molecule has 0 aliphatic carbocycles. The lowest BCUT2D eigenvalue weighted by molar-refractivity contribution is -0.385. The molecular weight excluding hydrogens is 311 g/mol. The molecule has 0 unspecified atom stereocenters. The molecule has 0 radical (unpaired) electrons. The van der Waals surface area contributed by atoms with Gasteiger partial charge >= 0.3 is 5.97 Å². The van der Waals surface area contributed by atoms with E-state index in [-0.39, 0.29) is 17.9 Å². The molecule has 2 aromatic rings. The summed E-state index contributed by atoms with van der Waals surface area (Å²) in [6.45, 7) is 0.124. The van der Waals surface area contributed by atoms with E-state index in [1.54, 1.807) is 0 Å². The van der Waals surface area contributed by atoms with Gasteiger partial charge in [0, 0.05) is 11.8 Å². The summed E-state index contributed by atoms with van der Waals surface area (Å²) in [6.07, 6.45) is 1.17. The number of nitrogens with zero attached hydrogens (tertiary/aromatic N) is 2. The first-order valence-electron chi connectivity index (χ1n) is 6.22. The molecule has 0 saturated carbocycles. The lowest BCUT2D eigenvalue weighted by Gasteiger charge is -2.04. The van der Waals surface area contributed by atoms with Gasteiger partial charge in [-0.3, -0.25) is 10.1 Å². The van der Waals surface area contributed by atoms with Crippen LogP contribution in [0.15, 0.2) is 47.6 Å². The average Bonchev–Trinajstić information content (AvgIpc) is 2.51. The number of esters is 1. The molecule has 1 aromatic heterocycles. The topological polar surface area (TPSA) is 82.3 Å². The molecule has 0 aliphatic rings. The zero-order chi connectivity index (χ0) is 15.9. The summed E-state index contributed by atoms with van der Waals surface area (Å²) in [5.74, 6) is -0.665. The van der Waals surface area contributed by atoms with Gasteiger partial charge < -0.3 is 4.74 Å². The molecule has 2 rings (SSSR count). The molecule has 8 heteroatoms. The number of rotatable bonds is 6. The third-order valence-corrected chi connectivity index (χ3v) is 3.47. The van der Waals surface area contributed by atoms with Crippen molar-refractivity contribution in [2.75, 3.05) is 12.4 Å². The van der Waals surface area contributed by atoms with Crippen LogP contribution in [0.5, 0.6) is 0 Å². The number of pyridine rings is 1. The van der Waals surface area contributed by atoms with Gasteiger partial charge in [0.25, 0.3) is 5.69 Å². The Morgan fingerprint density at radius 2 is 2.18 bits per heavy atom. The van der Waals surface area contributed by atoms with Crippen molar-refractivity contribution in [1.29, 1.82) is 0 Å². The first-order valence-corrected chi connectivity index (χ1v) is 7.21. The number of benzene rings is 1. The maximum Gasteiger partial charge on any atom is 0.338 e. The highest BCUT2D eigenvalue weighted by Gasteiger charge is 2.08. The maximum absolute atomic E-state index is 13.0. The third-order valence-electron chi connectivity index (χ3n) is 2.56. The number of hydrogen-bond acceptors (Lipinski definition) is 6. The van der Waals surface area contributed by atoms with Gasteiger partial charge in [0.2, 0.25) is 0 Å². The zero-order valence-corrected chi connectivity index (χ0v) is 12.1. The van der Waals surface area contributed by atoms with Gasteiger partial charge in [-0.2, -0.15) is 0 Å². The van der Waals surface area contributed by atoms with Gasteiger partial charge in [0.15, 0.2) is 0 Å². The molecule has 1 heterocycles. The van der Waals surface area contributed by atoms with E-state index in [1.807, 2.05) is 0 Å². The Hall–Kier alpha value is -2.48. The van der Waals surface area contributed by atoms with Gasteiger partial charge in [0.1, 0.15) is 18.6 Å². The molecule has 0 bridgehead atoms. The Morgan fingerprint density at radius 3 is 2.82 bits per heavy atom. The van der Waals surface area contributed by atoms with E-state index in [4.69, 9.17) is 4.74 Å². The molecular formula is C14H11FN2O4S. The molecule has 22 heavy (non-hydrogen) atoms. The maximum atomic E-state index is 13.0. The van der Waals surface area contributed by atoms with Gasteiger partial charge in [-0.15, -0.1) is 11.8 Å². The van der Waals surface area contributed by atoms with Crippen LogP contribution < -0.4 is 0 Å². The molecule has 0 amide bonds. The Kier molecular flexibility index (Phi) is 5.42. The minimum atomic E-state index is -0.600. The van der Waals surface area contributed by atoms with Crippen LogP contribution in [0, 0.1) is 15.9 Å².